The normalized spacial score (nSPS) is 15.8. The maximum absolute atomic E-state index is 7.20. The van der Waals surface area contributed by atoms with E-state index in [9.17, 15) is 0 Å². The van der Waals surface area contributed by atoms with E-state index in [4.69, 9.17) is 9.85 Å². The van der Waals surface area contributed by atoms with Gasteiger partial charge < -0.3 is 10.3 Å². The van der Waals surface area contributed by atoms with Gasteiger partial charge in [-0.1, -0.05) is 0 Å². The third-order valence-electron chi connectivity index (χ3n) is 1.36. The zero-order valence-electron chi connectivity index (χ0n) is 8.52. The number of hydrogen-bond donors (Lipinski definition) is 1. The number of aryl methyl sites for hydroxylation is 1. The van der Waals surface area contributed by atoms with E-state index < -0.39 is 6.98 Å². The van der Waals surface area contributed by atoms with Crippen molar-refractivity contribution in [2.24, 2.45) is 6.98 Å². The first-order valence-electron chi connectivity index (χ1n) is 4.44. The second-order valence-electron chi connectivity index (χ2n) is 2.05. The fraction of sp³-hybridized carbons (Fsp3) is 0.167. The largest absolute Gasteiger partial charge is 0.382 e. The molecular weight excluding hydrogens is 142 g/mol. The van der Waals surface area contributed by atoms with E-state index >= 15 is 0 Å². The summed E-state index contributed by atoms with van der Waals surface area (Å²) in [7, 11) is 0. The molecule has 56 valence electrons. The average molecular weight is 152 g/mol. The van der Waals surface area contributed by atoms with Crippen LogP contribution in [-0.4, -0.2) is 19.5 Å². The molecule has 0 saturated heterocycles. The summed E-state index contributed by atoms with van der Waals surface area (Å²) in [5, 5.41) is 0. The molecule has 0 aliphatic rings. The number of anilines is 1. The number of nitrogens with two attached hydrogens (primary N) is 1. The van der Waals surface area contributed by atoms with Crippen LogP contribution in [0, 0.1) is 0 Å². The third-order valence-corrected chi connectivity index (χ3v) is 1.36. The Kier molecular flexibility index (Phi) is 0.637. The molecule has 2 N–H and O–H groups in total. The summed E-state index contributed by atoms with van der Waals surface area (Å²) in [6.07, 6.45) is 2.39. The summed E-state index contributed by atoms with van der Waals surface area (Å²) in [5.74, 6) is 0.179. The van der Waals surface area contributed by atoms with Crippen molar-refractivity contribution in [2.75, 3.05) is 5.73 Å². The SMILES string of the molecule is [2H]C([2H])([2H])n1cnc2c(N)ncnc21. The Morgan fingerprint density at radius 1 is 1.55 bits per heavy atom. The molecule has 5 nitrogen and oxygen atoms in total. The van der Waals surface area contributed by atoms with E-state index in [1.54, 1.807) is 0 Å². The van der Waals surface area contributed by atoms with Crippen molar-refractivity contribution in [3.05, 3.63) is 12.7 Å². The number of nitrogen functional groups attached to an aromatic ring is 1. The second kappa shape index (κ2) is 1.91. The van der Waals surface area contributed by atoms with Crippen molar-refractivity contribution >= 4 is 17.0 Å². The highest BCUT2D eigenvalue weighted by Crippen LogP contribution is 2.11. The molecule has 0 unspecified atom stereocenters. The Hall–Kier alpha value is -1.65. The van der Waals surface area contributed by atoms with Crippen LogP contribution in [-0.2, 0) is 6.98 Å². The molecule has 0 saturated carbocycles. The number of nitrogens with zero attached hydrogens (tertiary/aromatic N) is 4. The van der Waals surface area contributed by atoms with Gasteiger partial charge in [-0.25, -0.2) is 15.0 Å². The molecule has 2 aromatic heterocycles. The van der Waals surface area contributed by atoms with Crippen molar-refractivity contribution in [3.8, 4) is 0 Å². The average Bonchev–Trinajstić information content (AvgIpc) is 2.47. The number of imidazole rings is 1. The Morgan fingerprint density at radius 3 is 3.27 bits per heavy atom. The maximum atomic E-state index is 7.20. The van der Waals surface area contributed by atoms with Crippen LogP contribution in [0.3, 0.4) is 0 Å². The minimum atomic E-state index is -2.30. The lowest BCUT2D eigenvalue weighted by Crippen LogP contribution is -1.94. The number of rotatable bonds is 0. The number of aromatic nitrogens is 4. The molecule has 0 fully saturated rings. The second-order valence-corrected chi connectivity index (χ2v) is 2.05. The van der Waals surface area contributed by atoms with Gasteiger partial charge in [0, 0.05) is 11.1 Å². The standard InChI is InChI=1S/C6H7N5/c1-11-3-10-4-5(7)8-2-9-6(4)11/h2-3H,1H3,(H2,7,8,9)/i1D3. The fourth-order valence-corrected chi connectivity index (χ4v) is 0.853. The van der Waals surface area contributed by atoms with Gasteiger partial charge in [-0.2, -0.15) is 0 Å². The highest BCUT2D eigenvalue weighted by molar-refractivity contribution is 5.80. The van der Waals surface area contributed by atoms with E-state index in [0.29, 0.717) is 5.52 Å². The van der Waals surface area contributed by atoms with Gasteiger partial charge in [-0.15, -0.1) is 0 Å². The van der Waals surface area contributed by atoms with Gasteiger partial charge in [-0.05, 0) is 0 Å². The molecule has 2 aromatic rings. The minimum absolute atomic E-state index is 0.179. The zero-order valence-corrected chi connectivity index (χ0v) is 5.52. The van der Waals surface area contributed by atoms with Crippen LogP contribution in [0.2, 0.25) is 0 Å². The lowest BCUT2D eigenvalue weighted by atomic mass is 10.5. The summed E-state index contributed by atoms with van der Waals surface area (Å²) in [5.41, 5.74) is 6.03. The molecule has 0 spiro atoms. The smallest absolute Gasteiger partial charge is 0.165 e. The summed E-state index contributed by atoms with van der Waals surface area (Å²) in [4.78, 5) is 11.4. The molecule has 0 aliphatic heterocycles. The molecule has 0 amide bonds. The fourth-order valence-electron chi connectivity index (χ4n) is 0.853. The van der Waals surface area contributed by atoms with Gasteiger partial charge in [0.05, 0.1) is 6.33 Å². The molecule has 0 aromatic carbocycles. The Labute approximate surface area is 67.1 Å². The van der Waals surface area contributed by atoms with Crippen LogP contribution in [0.25, 0.3) is 11.2 Å². The molecule has 11 heavy (non-hydrogen) atoms. The molecule has 0 atom stereocenters. The van der Waals surface area contributed by atoms with Gasteiger partial charge in [0.15, 0.2) is 11.5 Å². The van der Waals surface area contributed by atoms with E-state index in [0.717, 1.165) is 4.57 Å². The lowest BCUT2D eigenvalue weighted by molar-refractivity contribution is 0.928. The summed E-state index contributed by atoms with van der Waals surface area (Å²) in [6.45, 7) is -2.30. The van der Waals surface area contributed by atoms with Crippen LogP contribution >= 0.6 is 0 Å². The first-order chi connectivity index (χ1) is 6.50. The van der Waals surface area contributed by atoms with E-state index in [-0.39, 0.29) is 11.5 Å². The van der Waals surface area contributed by atoms with Crippen molar-refractivity contribution < 1.29 is 4.11 Å². The van der Waals surface area contributed by atoms with E-state index in [1.165, 1.54) is 12.7 Å². The van der Waals surface area contributed by atoms with E-state index in [1.807, 2.05) is 0 Å². The topological polar surface area (TPSA) is 69.6 Å². The summed E-state index contributed by atoms with van der Waals surface area (Å²) < 4.78 is 22.6. The molecule has 2 rings (SSSR count). The van der Waals surface area contributed by atoms with Gasteiger partial charge in [0.1, 0.15) is 11.8 Å². The van der Waals surface area contributed by atoms with Gasteiger partial charge >= 0.3 is 0 Å². The molecule has 0 bridgehead atoms. The Morgan fingerprint density at radius 2 is 2.45 bits per heavy atom. The highest BCUT2D eigenvalue weighted by atomic mass is 15.1. The van der Waals surface area contributed by atoms with Gasteiger partial charge in [0.25, 0.3) is 0 Å². The maximum Gasteiger partial charge on any atom is 0.165 e. The lowest BCUT2D eigenvalue weighted by Gasteiger charge is -1.92. The molecule has 5 heteroatoms. The van der Waals surface area contributed by atoms with Crippen molar-refractivity contribution in [2.45, 2.75) is 0 Å². The van der Waals surface area contributed by atoms with Crippen LogP contribution in [0.1, 0.15) is 4.11 Å². The van der Waals surface area contributed by atoms with Crippen LogP contribution in [0.4, 0.5) is 5.82 Å². The zero-order chi connectivity index (χ0) is 10.3. The van der Waals surface area contributed by atoms with Crippen LogP contribution in [0.5, 0.6) is 0 Å². The predicted molar refractivity (Wildman–Crippen MR) is 40.7 cm³/mol. The van der Waals surface area contributed by atoms with Gasteiger partial charge in [0.2, 0.25) is 0 Å². The molecule has 0 aliphatic carbocycles. The monoisotopic (exact) mass is 152 g/mol. The Bertz CT molecular complexity index is 474. The quantitative estimate of drug-likeness (QED) is 0.574. The summed E-state index contributed by atoms with van der Waals surface area (Å²) >= 11 is 0. The molecular formula is C6H7N5. The van der Waals surface area contributed by atoms with Crippen LogP contribution in [0.15, 0.2) is 12.7 Å². The Balaban J connectivity index is 2.76. The molecule has 0 radical (unpaired) electrons. The number of hydrogen-bond acceptors (Lipinski definition) is 4. The minimum Gasteiger partial charge on any atom is -0.382 e. The first-order valence-corrected chi connectivity index (χ1v) is 2.94. The van der Waals surface area contributed by atoms with Crippen molar-refractivity contribution in [1.29, 1.82) is 0 Å². The summed E-state index contributed by atoms with van der Waals surface area (Å²) in [6, 6.07) is 0. The first kappa shape index (κ1) is 3.66. The third kappa shape index (κ3) is 0.739. The van der Waals surface area contributed by atoms with Crippen LogP contribution < -0.4 is 5.73 Å². The predicted octanol–water partition coefficient (Wildman–Crippen LogP) is -0.0545. The van der Waals surface area contributed by atoms with Gasteiger partial charge in [-0.3, -0.25) is 0 Å². The van der Waals surface area contributed by atoms with Crippen molar-refractivity contribution in [1.82, 2.24) is 19.5 Å². The van der Waals surface area contributed by atoms with Crippen molar-refractivity contribution in [3.63, 3.8) is 0 Å². The molecule has 2 heterocycles. The highest BCUT2D eigenvalue weighted by Gasteiger charge is 2.03. The van der Waals surface area contributed by atoms with E-state index in [2.05, 4.69) is 15.0 Å². The number of fused-ring (bicyclic) bond motifs is 1.